The van der Waals surface area contributed by atoms with Gasteiger partial charge in [0.15, 0.2) is 0 Å². The molecule has 0 N–H and O–H groups in total. The van der Waals surface area contributed by atoms with Gasteiger partial charge < -0.3 is 4.90 Å². The van der Waals surface area contributed by atoms with Gasteiger partial charge in [0.2, 0.25) is 5.91 Å². The van der Waals surface area contributed by atoms with Gasteiger partial charge in [0.05, 0.1) is 16.9 Å². The highest BCUT2D eigenvalue weighted by Gasteiger charge is 2.26. The summed E-state index contributed by atoms with van der Waals surface area (Å²) < 4.78 is 1.59. The van der Waals surface area contributed by atoms with Crippen LogP contribution in [0.5, 0.6) is 0 Å². The lowest BCUT2D eigenvalue weighted by atomic mass is 10.1. The standard InChI is InChI=1S/C19H27N3O2/c1-5-8-13-17(23)22(7-3)16(6-2)18-20-15-12-10-9-11-14(15)19(24)21(18)4/h9-12,16H,5-8,13H2,1-4H3. The molecule has 0 bridgehead atoms. The zero-order chi connectivity index (χ0) is 17.7. The lowest BCUT2D eigenvalue weighted by Gasteiger charge is -2.31. The average Bonchev–Trinajstić information content (AvgIpc) is 2.61. The lowest BCUT2D eigenvalue weighted by Crippen LogP contribution is -2.38. The number of carbonyl (C=O) groups excluding carboxylic acids is 1. The molecule has 0 saturated carbocycles. The molecule has 0 spiro atoms. The topological polar surface area (TPSA) is 55.2 Å². The second kappa shape index (κ2) is 8.08. The van der Waals surface area contributed by atoms with E-state index in [1.54, 1.807) is 17.7 Å². The Morgan fingerprint density at radius 3 is 2.58 bits per heavy atom. The van der Waals surface area contributed by atoms with Crippen molar-refractivity contribution in [2.24, 2.45) is 7.05 Å². The fraction of sp³-hybridized carbons (Fsp3) is 0.526. The highest BCUT2D eigenvalue weighted by Crippen LogP contribution is 2.24. The number of hydrogen-bond donors (Lipinski definition) is 0. The zero-order valence-electron chi connectivity index (χ0n) is 15.1. The first-order chi connectivity index (χ1) is 11.5. The number of aromatic nitrogens is 2. The van der Waals surface area contributed by atoms with Gasteiger partial charge in [0.1, 0.15) is 5.82 Å². The van der Waals surface area contributed by atoms with Crippen molar-refractivity contribution in [3.8, 4) is 0 Å². The zero-order valence-corrected chi connectivity index (χ0v) is 15.1. The summed E-state index contributed by atoms with van der Waals surface area (Å²) in [5, 5.41) is 0.610. The number of hydrogen-bond acceptors (Lipinski definition) is 3. The van der Waals surface area contributed by atoms with Crippen LogP contribution in [0.2, 0.25) is 0 Å². The van der Waals surface area contributed by atoms with Crippen molar-refractivity contribution < 1.29 is 4.79 Å². The molecule has 1 heterocycles. The molecule has 5 nitrogen and oxygen atoms in total. The van der Waals surface area contributed by atoms with Crippen LogP contribution in [0.4, 0.5) is 0 Å². The third kappa shape index (κ3) is 3.50. The predicted molar refractivity (Wildman–Crippen MR) is 96.9 cm³/mol. The fourth-order valence-corrected chi connectivity index (χ4v) is 3.12. The molecule has 1 amide bonds. The van der Waals surface area contributed by atoms with Crippen LogP contribution < -0.4 is 5.56 Å². The third-order valence-electron chi connectivity index (χ3n) is 4.48. The van der Waals surface area contributed by atoms with Crippen LogP contribution in [-0.2, 0) is 11.8 Å². The summed E-state index contributed by atoms with van der Waals surface area (Å²) in [5.74, 6) is 0.793. The summed E-state index contributed by atoms with van der Waals surface area (Å²) in [4.78, 5) is 31.8. The van der Waals surface area contributed by atoms with Crippen LogP contribution in [0.3, 0.4) is 0 Å². The Bertz CT molecular complexity index is 767. The molecular formula is C19H27N3O2. The average molecular weight is 329 g/mol. The maximum atomic E-state index is 12.6. The molecule has 2 aromatic rings. The maximum Gasteiger partial charge on any atom is 0.261 e. The smallest absolute Gasteiger partial charge is 0.261 e. The van der Waals surface area contributed by atoms with Gasteiger partial charge in [-0.3, -0.25) is 14.2 Å². The Hall–Kier alpha value is -2.17. The quantitative estimate of drug-likeness (QED) is 0.782. The van der Waals surface area contributed by atoms with E-state index in [0.29, 0.717) is 29.7 Å². The molecule has 0 aliphatic carbocycles. The van der Waals surface area contributed by atoms with Crippen molar-refractivity contribution in [3.63, 3.8) is 0 Å². The van der Waals surface area contributed by atoms with Crippen molar-refractivity contribution in [3.05, 3.63) is 40.4 Å². The number of amides is 1. The molecule has 0 radical (unpaired) electrons. The van der Waals surface area contributed by atoms with Gasteiger partial charge >= 0.3 is 0 Å². The molecule has 2 rings (SSSR count). The van der Waals surface area contributed by atoms with E-state index in [-0.39, 0.29) is 17.5 Å². The van der Waals surface area contributed by atoms with E-state index >= 15 is 0 Å². The van der Waals surface area contributed by atoms with Gasteiger partial charge in [-0.15, -0.1) is 0 Å². The van der Waals surface area contributed by atoms with Crippen molar-refractivity contribution in [2.75, 3.05) is 6.54 Å². The fourth-order valence-electron chi connectivity index (χ4n) is 3.12. The van der Waals surface area contributed by atoms with Crippen molar-refractivity contribution in [2.45, 2.75) is 52.5 Å². The number of unbranched alkanes of at least 4 members (excludes halogenated alkanes) is 1. The van der Waals surface area contributed by atoms with Crippen LogP contribution in [-0.4, -0.2) is 26.9 Å². The number of fused-ring (bicyclic) bond motifs is 1. The summed E-state index contributed by atoms with van der Waals surface area (Å²) in [6.45, 7) is 6.70. The van der Waals surface area contributed by atoms with Crippen LogP contribution in [0.1, 0.15) is 58.3 Å². The number of benzene rings is 1. The van der Waals surface area contributed by atoms with E-state index in [1.807, 2.05) is 36.9 Å². The van der Waals surface area contributed by atoms with E-state index in [0.717, 1.165) is 19.3 Å². The van der Waals surface area contributed by atoms with Gasteiger partial charge in [-0.25, -0.2) is 4.98 Å². The van der Waals surface area contributed by atoms with E-state index < -0.39 is 0 Å². The summed E-state index contributed by atoms with van der Waals surface area (Å²) >= 11 is 0. The summed E-state index contributed by atoms with van der Waals surface area (Å²) in [6, 6.07) is 7.18. The van der Waals surface area contributed by atoms with Crippen LogP contribution >= 0.6 is 0 Å². The van der Waals surface area contributed by atoms with E-state index in [2.05, 4.69) is 6.92 Å². The number of rotatable bonds is 7. The predicted octanol–water partition coefficient (Wildman–Crippen LogP) is 3.42. The molecule has 5 heteroatoms. The molecule has 1 aromatic heterocycles. The van der Waals surface area contributed by atoms with Crippen LogP contribution in [0.25, 0.3) is 10.9 Å². The minimum Gasteiger partial charge on any atom is -0.333 e. The monoisotopic (exact) mass is 329 g/mol. The molecule has 1 aromatic carbocycles. The largest absolute Gasteiger partial charge is 0.333 e. The van der Waals surface area contributed by atoms with Crippen molar-refractivity contribution >= 4 is 16.8 Å². The number of nitrogens with zero attached hydrogens (tertiary/aromatic N) is 3. The second-order valence-electron chi connectivity index (χ2n) is 6.06. The van der Waals surface area contributed by atoms with Crippen LogP contribution in [0, 0.1) is 0 Å². The summed E-state index contributed by atoms with van der Waals surface area (Å²) in [7, 11) is 1.74. The normalized spacial score (nSPS) is 12.3. The number of para-hydroxylation sites is 1. The maximum absolute atomic E-state index is 12.6. The Morgan fingerprint density at radius 1 is 1.25 bits per heavy atom. The molecule has 0 saturated heterocycles. The van der Waals surface area contributed by atoms with E-state index in [9.17, 15) is 9.59 Å². The SMILES string of the molecule is CCCCC(=O)N(CC)C(CC)c1nc2ccccc2c(=O)n1C. The molecule has 130 valence electrons. The first kappa shape index (κ1) is 18.2. The lowest BCUT2D eigenvalue weighted by molar-refractivity contribution is -0.133. The van der Waals surface area contributed by atoms with Gasteiger partial charge in [-0.1, -0.05) is 32.4 Å². The Balaban J connectivity index is 2.49. The minimum absolute atomic E-state index is 0.0638. The highest BCUT2D eigenvalue weighted by atomic mass is 16.2. The molecule has 0 fully saturated rings. The minimum atomic E-state index is -0.179. The van der Waals surface area contributed by atoms with Gasteiger partial charge in [0, 0.05) is 20.0 Å². The highest BCUT2D eigenvalue weighted by molar-refractivity contribution is 5.78. The Labute approximate surface area is 143 Å². The molecule has 1 unspecified atom stereocenters. The molecule has 0 aliphatic heterocycles. The van der Waals surface area contributed by atoms with E-state index in [1.165, 1.54) is 0 Å². The van der Waals surface area contributed by atoms with Crippen molar-refractivity contribution in [1.29, 1.82) is 0 Å². The van der Waals surface area contributed by atoms with Crippen molar-refractivity contribution in [1.82, 2.24) is 14.5 Å². The second-order valence-corrected chi connectivity index (χ2v) is 6.06. The molecule has 1 atom stereocenters. The Kier molecular flexibility index (Phi) is 6.12. The van der Waals surface area contributed by atoms with Gasteiger partial charge in [-0.05, 0) is 31.9 Å². The first-order valence-electron chi connectivity index (χ1n) is 8.80. The summed E-state index contributed by atoms with van der Waals surface area (Å²) in [6.07, 6.45) is 3.15. The number of carbonyl (C=O) groups is 1. The van der Waals surface area contributed by atoms with Gasteiger partial charge in [0.25, 0.3) is 5.56 Å². The third-order valence-corrected chi connectivity index (χ3v) is 4.48. The first-order valence-corrected chi connectivity index (χ1v) is 8.80. The van der Waals surface area contributed by atoms with Crippen LogP contribution in [0.15, 0.2) is 29.1 Å². The molecule has 24 heavy (non-hydrogen) atoms. The Morgan fingerprint density at radius 2 is 1.96 bits per heavy atom. The summed E-state index contributed by atoms with van der Waals surface area (Å²) in [5.41, 5.74) is 0.622. The van der Waals surface area contributed by atoms with Gasteiger partial charge in [-0.2, -0.15) is 0 Å². The molecule has 0 aliphatic rings. The molecular weight excluding hydrogens is 302 g/mol. The van der Waals surface area contributed by atoms with E-state index in [4.69, 9.17) is 4.98 Å².